The lowest BCUT2D eigenvalue weighted by Gasteiger charge is -2.46. The van der Waals surface area contributed by atoms with Crippen molar-refractivity contribution in [2.24, 2.45) is 5.73 Å². The van der Waals surface area contributed by atoms with Crippen LogP contribution in [0, 0.1) is 0 Å². The summed E-state index contributed by atoms with van der Waals surface area (Å²) in [4.78, 5) is 24.4. The molecule has 2 rings (SSSR count). The quantitative estimate of drug-likeness (QED) is 0.463. The number of hydrogen-bond donors (Lipinski definition) is 3. The summed E-state index contributed by atoms with van der Waals surface area (Å²) in [5, 5.41) is 11.8. The normalized spacial score (nSPS) is 32.5. The third kappa shape index (κ3) is 1.32. The Balaban J connectivity index is 2.20. The van der Waals surface area contributed by atoms with Gasteiger partial charge in [-0.25, -0.2) is 0 Å². The van der Waals surface area contributed by atoms with Gasteiger partial charge >= 0.3 is 0 Å². The molecule has 6 heteroatoms. The lowest BCUT2D eigenvalue weighted by Crippen LogP contribution is -2.73. The molecule has 0 unspecified atom stereocenters. The molecule has 2 aliphatic rings. The molecule has 2 saturated heterocycles. The molecule has 2 heterocycles. The number of β-lactam (4-membered cyclic amide) rings is 1. The zero-order valence-electron chi connectivity index (χ0n) is 8.40. The molecule has 0 aromatic heterocycles. The molecule has 0 aliphatic carbocycles. The van der Waals surface area contributed by atoms with Crippen molar-refractivity contribution in [2.75, 3.05) is 19.7 Å². The Bertz CT molecular complexity index is 307. The van der Waals surface area contributed by atoms with Crippen LogP contribution in [0.1, 0.15) is 12.8 Å². The molecule has 0 radical (unpaired) electrons. The molecule has 0 aromatic carbocycles. The second kappa shape index (κ2) is 3.46. The average Bonchev–Trinajstić information content (AvgIpc) is 2.63. The SMILES string of the molecule is NC(=O)[C@@H](CO)N1CCC[C@]12CNC2=O. The number of primary amides is 1. The van der Waals surface area contributed by atoms with E-state index in [9.17, 15) is 9.59 Å². The molecule has 2 amide bonds. The minimum atomic E-state index is -0.737. The number of aliphatic hydroxyl groups is 1. The van der Waals surface area contributed by atoms with Crippen LogP contribution in [0.4, 0.5) is 0 Å². The highest BCUT2D eigenvalue weighted by molar-refractivity contribution is 5.94. The van der Waals surface area contributed by atoms with Crippen LogP contribution in [0.25, 0.3) is 0 Å². The van der Waals surface area contributed by atoms with Gasteiger partial charge in [-0.15, -0.1) is 0 Å². The van der Waals surface area contributed by atoms with E-state index in [1.165, 1.54) is 0 Å². The standard InChI is InChI=1S/C9H15N3O3/c10-7(14)6(4-13)12-3-1-2-9(12)5-11-8(9)15/h6,13H,1-5H2,(H2,10,14)(H,11,15)/t6-,9-/m1/s1. The van der Waals surface area contributed by atoms with Crippen molar-refractivity contribution in [3.8, 4) is 0 Å². The fourth-order valence-corrected chi connectivity index (χ4v) is 2.49. The summed E-state index contributed by atoms with van der Waals surface area (Å²) in [5.74, 6) is -0.627. The number of nitrogens with one attached hydrogen (secondary N) is 1. The smallest absolute Gasteiger partial charge is 0.242 e. The molecular weight excluding hydrogens is 198 g/mol. The molecule has 2 aliphatic heterocycles. The molecule has 4 N–H and O–H groups in total. The van der Waals surface area contributed by atoms with E-state index < -0.39 is 17.5 Å². The third-order valence-corrected chi connectivity index (χ3v) is 3.38. The zero-order valence-corrected chi connectivity index (χ0v) is 8.40. The molecule has 15 heavy (non-hydrogen) atoms. The highest BCUT2D eigenvalue weighted by atomic mass is 16.3. The Morgan fingerprint density at radius 1 is 1.73 bits per heavy atom. The minimum absolute atomic E-state index is 0.0558. The number of carbonyl (C=O) groups excluding carboxylic acids is 2. The van der Waals surface area contributed by atoms with Gasteiger partial charge in [-0.05, 0) is 12.8 Å². The van der Waals surface area contributed by atoms with Crippen molar-refractivity contribution in [3.63, 3.8) is 0 Å². The van der Waals surface area contributed by atoms with E-state index >= 15 is 0 Å². The molecule has 84 valence electrons. The number of hydrogen-bond acceptors (Lipinski definition) is 4. The third-order valence-electron chi connectivity index (χ3n) is 3.38. The lowest BCUT2D eigenvalue weighted by molar-refractivity contribution is -0.146. The summed E-state index contributed by atoms with van der Waals surface area (Å²) < 4.78 is 0. The van der Waals surface area contributed by atoms with E-state index in [0.717, 1.165) is 12.8 Å². The molecule has 6 nitrogen and oxygen atoms in total. The molecule has 2 atom stereocenters. The van der Waals surface area contributed by atoms with Gasteiger partial charge in [0.15, 0.2) is 0 Å². The molecule has 2 fully saturated rings. The zero-order chi connectivity index (χ0) is 11.1. The van der Waals surface area contributed by atoms with Crippen molar-refractivity contribution in [1.29, 1.82) is 0 Å². The van der Waals surface area contributed by atoms with Gasteiger partial charge in [-0.1, -0.05) is 0 Å². The van der Waals surface area contributed by atoms with E-state index in [-0.39, 0.29) is 12.5 Å². The Kier molecular flexibility index (Phi) is 2.40. The van der Waals surface area contributed by atoms with Gasteiger partial charge in [-0.2, -0.15) is 0 Å². The van der Waals surface area contributed by atoms with Gasteiger partial charge in [0.2, 0.25) is 11.8 Å². The highest BCUT2D eigenvalue weighted by Crippen LogP contribution is 2.35. The number of likely N-dealkylation sites (tertiary alicyclic amines) is 1. The first-order valence-corrected chi connectivity index (χ1v) is 5.07. The van der Waals surface area contributed by atoms with Crippen molar-refractivity contribution in [2.45, 2.75) is 24.4 Å². The Hall–Kier alpha value is -1.14. The van der Waals surface area contributed by atoms with Crippen LogP contribution >= 0.6 is 0 Å². The van der Waals surface area contributed by atoms with Crippen molar-refractivity contribution < 1.29 is 14.7 Å². The van der Waals surface area contributed by atoms with Crippen LogP contribution in [0.5, 0.6) is 0 Å². The first-order chi connectivity index (χ1) is 7.12. The number of carbonyl (C=O) groups is 2. The number of nitrogens with two attached hydrogens (primary N) is 1. The van der Waals surface area contributed by atoms with Gasteiger partial charge < -0.3 is 16.2 Å². The number of aliphatic hydroxyl groups excluding tert-OH is 1. The molecule has 0 saturated carbocycles. The van der Waals surface area contributed by atoms with E-state index in [4.69, 9.17) is 10.8 Å². The van der Waals surface area contributed by atoms with E-state index in [1.807, 2.05) is 0 Å². The fourth-order valence-electron chi connectivity index (χ4n) is 2.49. The van der Waals surface area contributed by atoms with E-state index in [1.54, 1.807) is 4.90 Å². The minimum Gasteiger partial charge on any atom is -0.394 e. The van der Waals surface area contributed by atoms with Crippen LogP contribution in [0.2, 0.25) is 0 Å². The fraction of sp³-hybridized carbons (Fsp3) is 0.778. The van der Waals surface area contributed by atoms with Crippen LogP contribution in [0.15, 0.2) is 0 Å². The number of amides is 2. The van der Waals surface area contributed by atoms with E-state index in [2.05, 4.69) is 5.32 Å². The molecular formula is C9H15N3O3. The van der Waals surface area contributed by atoms with Crippen LogP contribution in [-0.2, 0) is 9.59 Å². The van der Waals surface area contributed by atoms with Gasteiger partial charge in [0.25, 0.3) is 0 Å². The largest absolute Gasteiger partial charge is 0.394 e. The van der Waals surface area contributed by atoms with Gasteiger partial charge in [0.05, 0.1) is 6.61 Å². The predicted molar refractivity (Wildman–Crippen MR) is 51.7 cm³/mol. The molecule has 0 bridgehead atoms. The number of rotatable bonds is 3. The van der Waals surface area contributed by atoms with Gasteiger partial charge in [0.1, 0.15) is 11.6 Å². The average molecular weight is 213 g/mol. The highest BCUT2D eigenvalue weighted by Gasteiger charge is 2.56. The van der Waals surface area contributed by atoms with Crippen molar-refractivity contribution >= 4 is 11.8 Å². The monoisotopic (exact) mass is 213 g/mol. The first kappa shape index (κ1) is 10.4. The molecule has 0 aromatic rings. The van der Waals surface area contributed by atoms with Crippen molar-refractivity contribution in [1.82, 2.24) is 10.2 Å². The van der Waals surface area contributed by atoms with Crippen LogP contribution < -0.4 is 11.1 Å². The summed E-state index contributed by atoms with van der Waals surface area (Å²) in [6.45, 7) is 0.863. The lowest BCUT2D eigenvalue weighted by atomic mass is 9.87. The van der Waals surface area contributed by atoms with Crippen molar-refractivity contribution in [3.05, 3.63) is 0 Å². The molecule has 1 spiro atoms. The first-order valence-electron chi connectivity index (χ1n) is 5.07. The summed E-state index contributed by atoms with van der Waals surface area (Å²) in [6, 6.07) is -0.737. The maximum Gasteiger partial charge on any atom is 0.242 e. The second-order valence-electron chi connectivity index (χ2n) is 4.11. The Morgan fingerprint density at radius 3 is 2.87 bits per heavy atom. The summed E-state index contributed by atoms with van der Waals surface area (Å²) in [5.41, 5.74) is 4.62. The van der Waals surface area contributed by atoms with Gasteiger partial charge in [-0.3, -0.25) is 14.5 Å². The van der Waals surface area contributed by atoms with Crippen LogP contribution in [0.3, 0.4) is 0 Å². The summed E-state index contributed by atoms with van der Waals surface area (Å²) in [6.07, 6.45) is 1.60. The summed E-state index contributed by atoms with van der Waals surface area (Å²) in [7, 11) is 0. The predicted octanol–water partition coefficient (Wildman–Crippen LogP) is -2.20. The van der Waals surface area contributed by atoms with Gasteiger partial charge in [0, 0.05) is 13.1 Å². The van der Waals surface area contributed by atoms with E-state index in [0.29, 0.717) is 13.1 Å². The Morgan fingerprint density at radius 2 is 2.47 bits per heavy atom. The second-order valence-corrected chi connectivity index (χ2v) is 4.11. The van der Waals surface area contributed by atoms with Crippen LogP contribution in [-0.4, -0.2) is 53.1 Å². The number of nitrogens with zero attached hydrogens (tertiary/aromatic N) is 1. The maximum absolute atomic E-state index is 11.5. The topological polar surface area (TPSA) is 95.7 Å². The summed E-state index contributed by atoms with van der Waals surface area (Å²) >= 11 is 0. The maximum atomic E-state index is 11.5. The Labute approximate surface area is 87.4 Å².